The van der Waals surface area contributed by atoms with Gasteiger partial charge in [-0.1, -0.05) is 12.1 Å². The van der Waals surface area contributed by atoms with E-state index in [2.05, 4.69) is 4.98 Å². The lowest BCUT2D eigenvalue weighted by Gasteiger charge is -2.34. The molecule has 1 atom stereocenters. The second-order valence-electron chi connectivity index (χ2n) is 7.58. The zero-order chi connectivity index (χ0) is 21.8. The fourth-order valence-electron chi connectivity index (χ4n) is 3.92. The summed E-state index contributed by atoms with van der Waals surface area (Å²) in [5.41, 5.74) is 2.78. The molecule has 1 aliphatic heterocycles. The Morgan fingerprint density at radius 1 is 1.16 bits per heavy atom. The normalized spacial score (nSPS) is 16.3. The number of rotatable bonds is 6. The number of carbonyl (C=O) groups excluding carboxylic acids is 2. The van der Waals surface area contributed by atoms with Crippen molar-refractivity contribution >= 4 is 23.0 Å². The van der Waals surface area contributed by atoms with E-state index in [0.717, 1.165) is 24.2 Å². The van der Waals surface area contributed by atoms with E-state index < -0.39 is 6.04 Å². The Hall–Kier alpha value is -3.35. The van der Waals surface area contributed by atoms with Crippen molar-refractivity contribution in [2.45, 2.75) is 38.6 Å². The van der Waals surface area contributed by atoms with Crippen LogP contribution in [0.3, 0.4) is 0 Å². The van der Waals surface area contributed by atoms with Gasteiger partial charge in [0.05, 0.1) is 13.7 Å². The van der Waals surface area contributed by atoms with Crippen LogP contribution in [0.1, 0.15) is 48.0 Å². The summed E-state index contributed by atoms with van der Waals surface area (Å²) in [5, 5.41) is 0. The van der Waals surface area contributed by atoms with Gasteiger partial charge in [0.15, 0.2) is 11.5 Å². The lowest BCUT2D eigenvalue weighted by Crippen LogP contribution is -2.48. The van der Waals surface area contributed by atoms with Crippen LogP contribution in [-0.2, 0) is 16.0 Å². The molecule has 1 aliphatic rings. The molecule has 0 radical (unpaired) electrons. The summed E-state index contributed by atoms with van der Waals surface area (Å²) in [6.45, 7) is 2.62. The Bertz CT molecular complexity index is 1070. The van der Waals surface area contributed by atoms with Crippen molar-refractivity contribution < 1.29 is 23.5 Å². The van der Waals surface area contributed by atoms with Gasteiger partial charge in [-0.3, -0.25) is 4.79 Å². The third-order valence-corrected chi connectivity index (χ3v) is 5.52. The lowest BCUT2D eigenvalue weighted by molar-refractivity contribution is -0.149. The van der Waals surface area contributed by atoms with Gasteiger partial charge in [-0.2, -0.15) is 0 Å². The predicted molar refractivity (Wildman–Crippen MR) is 115 cm³/mol. The number of oxazole rings is 1. The number of ether oxygens (including phenoxy) is 2. The molecule has 0 unspecified atom stereocenters. The van der Waals surface area contributed by atoms with Crippen LogP contribution in [0.15, 0.2) is 46.9 Å². The molecule has 0 N–H and O–H groups in total. The van der Waals surface area contributed by atoms with Crippen molar-refractivity contribution in [3.63, 3.8) is 0 Å². The van der Waals surface area contributed by atoms with Gasteiger partial charge >= 0.3 is 5.97 Å². The number of fused-ring (bicyclic) bond motifs is 1. The summed E-state index contributed by atoms with van der Waals surface area (Å²) in [6.07, 6.45) is 2.95. The molecule has 0 aliphatic carbocycles. The third kappa shape index (κ3) is 4.55. The topological polar surface area (TPSA) is 81.9 Å². The van der Waals surface area contributed by atoms with Crippen molar-refractivity contribution in [1.82, 2.24) is 9.88 Å². The minimum atomic E-state index is -0.530. The minimum Gasteiger partial charge on any atom is -0.497 e. The van der Waals surface area contributed by atoms with Gasteiger partial charge in [-0.05, 0) is 62.1 Å². The number of carbonyl (C=O) groups is 2. The molecule has 3 aromatic rings. The van der Waals surface area contributed by atoms with Crippen LogP contribution >= 0.6 is 0 Å². The summed E-state index contributed by atoms with van der Waals surface area (Å²) >= 11 is 0. The lowest BCUT2D eigenvalue weighted by atomic mass is 10.0. The molecule has 31 heavy (non-hydrogen) atoms. The molecule has 0 saturated carbocycles. The quantitative estimate of drug-likeness (QED) is 0.559. The second kappa shape index (κ2) is 9.20. The second-order valence-corrected chi connectivity index (χ2v) is 7.58. The maximum absolute atomic E-state index is 13.2. The highest BCUT2D eigenvalue weighted by atomic mass is 16.5. The number of amides is 1. The number of piperidine rings is 1. The Morgan fingerprint density at radius 3 is 2.71 bits per heavy atom. The molecule has 7 heteroatoms. The van der Waals surface area contributed by atoms with Crippen LogP contribution in [0.25, 0.3) is 11.1 Å². The summed E-state index contributed by atoms with van der Waals surface area (Å²) in [4.78, 5) is 31.6. The minimum absolute atomic E-state index is 0.187. The van der Waals surface area contributed by atoms with Crippen LogP contribution in [0.4, 0.5) is 0 Å². The van der Waals surface area contributed by atoms with Gasteiger partial charge in [0.25, 0.3) is 5.91 Å². The highest BCUT2D eigenvalue weighted by molar-refractivity contribution is 5.99. The van der Waals surface area contributed by atoms with Gasteiger partial charge < -0.3 is 18.8 Å². The molecular formula is C24H26N2O5. The number of aromatic nitrogens is 1. The van der Waals surface area contributed by atoms with E-state index in [-0.39, 0.29) is 11.9 Å². The van der Waals surface area contributed by atoms with Gasteiger partial charge in [0, 0.05) is 18.5 Å². The molecule has 0 bridgehead atoms. The Balaban J connectivity index is 1.54. The van der Waals surface area contributed by atoms with Crippen molar-refractivity contribution in [3.8, 4) is 5.75 Å². The van der Waals surface area contributed by atoms with Gasteiger partial charge in [-0.25, -0.2) is 9.78 Å². The zero-order valence-corrected chi connectivity index (χ0v) is 17.8. The smallest absolute Gasteiger partial charge is 0.328 e. The van der Waals surface area contributed by atoms with Crippen molar-refractivity contribution in [3.05, 3.63) is 59.5 Å². The van der Waals surface area contributed by atoms with Crippen molar-refractivity contribution in [1.29, 1.82) is 0 Å². The number of hydrogen-bond donors (Lipinski definition) is 0. The van der Waals surface area contributed by atoms with E-state index in [1.807, 2.05) is 24.3 Å². The fourth-order valence-corrected chi connectivity index (χ4v) is 3.92. The van der Waals surface area contributed by atoms with Gasteiger partial charge in [0.1, 0.15) is 17.3 Å². The zero-order valence-electron chi connectivity index (χ0n) is 17.8. The number of benzene rings is 2. The molecule has 4 rings (SSSR count). The van der Waals surface area contributed by atoms with Crippen LogP contribution < -0.4 is 4.74 Å². The first-order valence-electron chi connectivity index (χ1n) is 10.6. The van der Waals surface area contributed by atoms with E-state index in [9.17, 15) is 9.59 Å². The van der Waals surface area contributed by atoms with Crippen LogP contribution in [-0.4, -0.2) is 48.1 Å². The molecule has 0 spiro atoms. The third-order valence-electron chi connectivity index (χ3n) is 5.52. The maximum Gasteiger partial charge on any atom is 0.328 e. The molecule has 2 aromatic carbocycles. The number of methoxy groups -OCH3 is 1. The summed E-state index contributed by atoms with van der Waals surface area (Å²) in [7, 11) is 1.63. The van der Waals surface area contributed by atoms with Crippen LogP contribution in [0, 0.1) is 0 Å². The van der Waals surface area contributed by atoms with E-state index in [0.29, 0.717) is 48.5 Å². The highest BCUT2D eigenvalue weighted by Gasteiger charge is 2.33. The molecule has 7 nitrogen and oxygen atoms in total. The monoisotopic (exact) mass is 422 g/mol. The average Bonchev–Trinajstić information content (AvgIpc) is 3.20. The molecule has 1 amide bonds. The molecular weight excluding hydrogens is 396 g/mol. The number of nitrogens with zero attached hydrogens (tertiary/aromatic N) is 2. The van der Waals surface area contributed by atoms with Crippen molar-refractivity contribution in [2.75, 3.05) is 20.3 Å². The van der Waals surface area contributed by atoms with Crippen molar-refractivity contribution in [2.24, 2.45) is 0 Å². The average molecular weight is 422 g/mol. The van der Waals surface area contributed by atoms with Crippen LogP contribution in [0.2, 0.25) is 0 Å². The molecule has 1 fully saturated rings. The number of esters is 1. The number of hydrogen-bond acceptors (Lipinski definition) is 6. The molecule has 162 valence electrons. The predicted octanol–water partition coefficient (Wildman–Crippen LogP) is 3.99. The van der Waals surface area contributed by atoms with Crippen LogP contribution in [0.5, 0.6) is 5.75 Å². The van der Waals surface area contributed by atoms with E-state index in [1.165, 1.54) is 0 Å². The maximum atomic E-state index is 13.2. The summed E-state index contributed by atoms with van der Waals surface area (Å²) < 4.78 is 16.3. The molecule has 1 saturated heterocycles. The SMILES string of the molecule is CCOC(=O)[C@H]1CCCCN1C(=O)c1ccc2nc(Cc3ccc(OC)cc3)oc2c1. The van der Waals surface area contributed by atoms with E-state index in [1.54, 1.807) is 37.1 Å². The highest BCUT2D eigenvalue weighted by Crippen LogP contribution is 2.24. The molecule has 2 heterocycles. The van der Waals surface area contributed by atoms with E-state index in [4.69, 9.17) is 13.9 Å². The number of likely N-dealkylation sites (tertiary alicyclic amines) is 1. The Kier molecular flexibility index (Phi) is 6.21. The first kappa shape index (κ1) is 20.9. The Labute approximate surface area is 181 Å². The summed E-state index contributed by atoms with van der Waals surface area (Å²) in [5.74, 6) is 0.848. The fraction of sp³-hybridized carbons (Fsp3) is 0.375. The standard InChI is InChI=1S/C24H26N2O5/c1-3-30-24(28)20-6-4-5-13-26(20)23(27)17-9-12-19-21(15-17)31-22(25-19)14-16-7-10-18(29-2)11-8-16/h7-12,15,20H,3-6,13-14H2,1-2H3/t20-/m1/s1. The van der Waals surface area contributed by atoms with Gasteiger partial charge in [0.2, 0.25) is 0 Å². The Morgan fingerprint density at radius 2 is 1.97 bits per heavy atom. The first-order chi connectivity index (χ1) is 15.1. The largest absolute Gasteiger partial charge is 0.497 e. The first-order valence-corrected chi connectivity index (χ1v) is 10.6. The molecule has 1 aromatic heterocycles. The van der Waals surface area contributed by atoms with Gasteiger partial charge in [-0.15, -0.1) is 0 Å². The summed E-state index contributed by atoms with van der Waals surface area (Å²) in [6, 6.07) is 12.4. The van der Waals surface area contributed by atoms with E-state index >= 15 is 0 Å².